The van der Waals surface area contributed by atoms with E-state index in [1.165, 1.54) is 11.3 Å². The van der Waals surface area contributed by atoms with Crippen molar-refractivity contribution in [1.29, 1.82) is 0 Å². The summed E-state index contributed by atoms with van der Waals surface area (Å²) >= 11 is 1.52. The number of amides is 1. The van der Waals surface area contributed by atoms with Gasteiger partial charge in [0, 0.05) is 29.5 Å². The Labute approximate surface area is 194 Å². The van der Waals surface area contributed by atoms with E-state index in [2.05, 4.69) is 15.4 Å². The van der Waals surface area contributed by atoms with Crippen molar-refractivity contribution in [2.75, 3.05) is 20.8 Å². The molecular formula is C25H22N4O3S. The fourth-order valence-corrected chi connectivity index (χ4v) is 4.59. The van der Waals surface area contributed by atoms with Crippen molar-refractivity contribution >= 4 is 33.0 Å². The van der Waals surface area contributed by atoms with E-state index in [1.807, 2.05) is 70.6 Å². The van der Waals surface area contributed by atoms with Gasteiger partial charge in [-0.1, -0.05) is 30.3 Å². The molecule has 5 aromatic rings. The van der Waals surface area contributed by atoms with Crippen molar-refractivity contribution < 1.29 is 14.3 Å². The molecule has 33 heavy (non-hydrogen) atoms. The lowest BCUT2D eigenvalue weighted by molar-refractivity contribution is 0.0954. The number of nitrogens with one attached hydrogen (secondary N) is 1. The predicted molar refractivity (Wildman–Crippen MR) is 129 cm³/mol. The highest BCUT2D eigenvalue weighted by Gasteiger charge is 2.14. The summed E-state index contributed by atoms with van der Waals surface area (Å²) in [6.07, 6.45) is 0.647. The van der Waals surface area contributed by atoms with Crippen molar-refractivity contribution in [3.63, 3.8) is 0 Å². The van der Waals surface area contributed by atoms with E-state index in [0.29, 0.717) is 35.9 Å². The lowest BCUT2D eigenvalue weighted by Gasteiger charge is -2.07. The topological polar surface area (TPSA) is 77.8 Å². The van der Waals surface area contributed by atoms with Gasteiger partial charge >= 0.3 is 0 Å². The summed E-state index contributed by atoms with van der Waals surface area (Å²) in [4.78, 5) is 18.1. The molecule has 0 fully saturated rings. The maximum atomic E-state index is 12.6. The number of rotatable bonds is 7. The third-order valence-corrected chi connectivity index (χ3v) is 6.33. The average molecular weight is 459 g/mol. The second-order valence-electron chi connectivity index (χ2n) is 7.49. The van der Waals surface area contributed by atoms with E-state index in [1.54, 1.807) is 14.2 Å². The van der Waals surface area contributed by atoms with Gasteiger partial charge in [0.2, 0.25) is 4.96 Å². The van der Waals surface area contributed by atoms with E-state index in [-0.39, 0.29) is 5.91 Å². The fourth-order valence-electron chi connectivity index (χ4n) is 3.73. The number of fused-ring (bicyclic) bond motifs is 2. The highest BCUT2D eigenvalue weighted by molar-refractivity contribution is 7.15. The van der Waals surface area contributed by atoms with E-state index in [0.717, 1.165) is 27.0 Å². The molecule has 166 valence electrons. The van der Waals surface area contributed by atoms with Crippen LogP contribution >= 0.6 is 11.3 Å². The molecule has 0 bridgehead atoms. The average Bonchev–Trinajstić information content (AvgIpc) is 3.45. The second-order valence-corrected chi connectivity index (χ2v) is 8.33. The van der Waals surface area contributed by atoms with Crippen molar-refractivity contribution in [2.45, 2.75) is 6.42 Å². The third kappa shape index (κ3) is 4.12. The minimum absolute atomic E-state index is 0.0863. The Balaban J connectivity index is 1.29. The molecule has 0 aliphatic carbocycles. The van der Waals surface area contributed by atoms with E-state index >= 15 is 0 Å². The van der Waals surface area contributed by atoms with Crippen LogP contribution in [0, 0.1) is 0 Å². The molecule has 0 unspecified atom stereocenters. The number of hydrogen-bond acceptors (Lipinski definition) is 6. The first-order chi connectivity index (χ1) is 16.2. The number of methoxy groups -OCH3 is 2. The van der Waals surface area contributed by atoms with Crippen LogP contribution in [0.1, 0.15) is 16.1 Å². The van der Waals surface area contributed by atoms with Crippen molar-refractivity contribution in [2.24, 2.45) is 0 Å². The monoisotopic (exact) mass is 458 g/mol. The van der Waals surface area contributed by atoms with E-state index in [4.69, 9.17) is 9.47 Å². The quantitative estimate of drug-likeness (QED) is 0.386. The Morgan fingerprint density at radius 1 is 1.00 bits per heavy atom. The molecule has 0 spiro atoms. The van der Waals surface area contributed by atoms with E-state index in [9.17, 15) is 4.79 Å². The van der Waals surface area contributed by atoms with Gasteiger partial charge in [0.05, 0.1) is 19.9 Å². The molecule has 0 atom stereocenters. The molecule has 8 heteroatoms. The minimum atomic E-state index is -0.0863. The Kier molecular flexibility index (Phi) is 5.66. The molecule has 0 radical (unpaired) electrons. The first kappa shape index (κ1) is 21.0. The molecule has 2 aromatic heterocycles. The zero-order chi connectivity index (χ0) is 22.8. The summed E-state index contributed by atoms with van der Waals surface area (Å²) in [6.45, 7) is 0.503. The summed E-state index contributed by atoms with van der Waals surface area (Å²) in [5.41, 5.74) is 2.49. The van der Waals surface area contributed by atoms with Crippen LogP contribution in [-0.4, -0.2) is 41.3 Å². The molecule has 7 nitrogen and oxygen atoms in total. The molecular weight excluding hydrogens is 436 g/mol. The number of thiazole rings is 1. The zero-order valence-corrected chi connectivity index (χ0v) is 19.1. The largest absolute Gasteiger partial charge is 0.493 e. The Morgan fingerprint density at radius 3 is 2.64 bits per heavy atom. The van der Waals surface area contributed by atoms with Crippen LogP contribution in [0.5, 0.6) is 11.5 Å². The van der Waals surface area contributed by atoms with Crippen LogP contribution < -0.4 is 14.8 Å². The molecule has 0 aliphatic rings. The molecule has 0 aliphatic heterocycles. The van der Waals surface area contributed by atoms with Crippen LogP contribution in [0.2, 0.25) is 0 Å². The van der Waals surface area contributed by atoms with Crippen LogP contribution in [0.15, 0.2) is 66.0 Å². The molecule has 5 rings (SSSR count). The molecule has 2 heterocycles. The molecule has 3 aromatic carbocycles. The van der Waals surface area contributed by atoms with Gasteiger partial charge in [0.25, 0.3) is 5.91 Å². The predicted octanol–water partition coefficient (Wildman–Crippen LogP) is 4.60. The molecule has 1 amide bonds. The van der Waals surface area contributed by atoms with Gasteiger partial charge in [0.1, 0.15) is 0 Å². The van der Waals surface area contributed by atoms with Gasteiger partial charge in [-0.2, -0.15) is 4.98 Å². The minimum Gasteiger partial charge on any atom is -0.493 e. The maximum absolute atomic E-state index is 12.6. The zero-order valence-electron chi connectivity index (χ0n) is 18.2. The van der Waals surface area contributed by atoms with Gasteiger partial charge in [-0.25, -0.2) is 4.52 Å². The Hall–Kier alpha value is -3.91. The third-order valence-electron chi connectivity index (χ3n) is 5.47. The summed E-state index contributed by atoms with van der Waals surface area (Å²) in [7, 11) is 3.21. The summed E-state index contributed by atoms with van der Waals surface area (Å²) in [5.74, 6) is 1.82. The number of nitrogens with zero attached hydrogens (tertiary/aromatic N) is 3. The number of ether oxygens (including phenoxy) is 2. The fraction of sp³-hybridized carbons (Fsp3) is 0.160. The summed E-state index contributed by atoms with van der Waals surface area (Å²) in [5, 5.41) is 11.9. The van der Waals surface area contributed by atoms with Crippen molar-refractivity contribution in [1.82, 2.24) is 19.9 Å². The highest BCUT2D eigenvalue weighted by Crippen LogP contribution is 2.31. The number of hydrogen-bond donors (Lipinski definition) is 1. The van der Waals surface area contributed by atoms with Gasteiger partial charge in [-0.05, 0) is 41.1 Å². The molecule has 1 N–H and O–H groups in total. The SMILES string of the molecule is COc1ccc(-c2nc3scc(CCNC(=O)c4ccc5ccccc5c4)n3n2)cc1OC. The number of benzene rings is 3. The van der Waals surface area contributed by atoms with Crippen LogP contribution in [0.25, 0.3) is 27.1 Å². The molecule has 0 saturated heterocycles. The standard InChI is InChI=1S/C25H22N4O3S/c1-31-21-10-9-18(14-22(21)32-2)23-27-25-29(28-23)20(15-33-25)11-12-26-24(30)19-8-7-16-5-3-4-6-17(16)13-19/h3-10,13-15H,11-12H2,1-2H3,(H,26,30). The Morgan fingerprint density at radius 2 is 1.82 bits per heavy atom. The number of aromatic nitrogens is 3. The number of carbonyl (C=O) groups is 1. The van der Waals surface area contributed by atoms with Crippen LogP contribution in [-0.2, 0) is 6.42 Å². The van der Waals surface area contributed by atoms with Crippen molar-refractivity contribution in [3.05, 3.63) is 77.3 Å². The molecule has 0 saturated carbocycles. The van der Waals surface area contributed by atoms with Gasteiger partial charge < -0.3 is 14.8 Å². The van der Waals surface area contributed by atoms with Crippen LogP contribution in [0.3, 0.4) is 0 Å². The van der Waals surface area contributed by atoms with Crippen molar-refractivity contribution in [3.8, 4) is 22.9 Å². The summed E-state index contributed by atoms with van der Waals surface area (Å²) in [6, 6.07) is 19.4. The van der Waals surface area contributed by atoms with Gasteiger partial charge in [-0.15, -0.1) is 16.4 Å². The van der Waals surface area contributed by atoms with Crippen LogP contribution in [0.4, 0.5) is 0 Å². The maximum Gasteiger partial charge on any atom is 0.251 e. The summed E-state index contributed by atoms with van der Waals surface area (Å²) < 4.78 is 12.5. The smallest absolute Gasteiger partial charge is 0.251 e. The first-order valence-corrected chi connectivity index (χ1v) is 11.4. The second kappa shape index (κ2) is 8.91. The number of carbonyl (C=O) groups excluding carboxylic acids is 1. The lowest BCUT2D eigenvalue weighted by atomic mass is 10.1. The van der Waals surface area contributed by atoms with E-state index < -0.39 is 0 Å². The highest BCUT2D eigenvalue weighted by atomic mass is 32.1. The van der Waals surface area contributed by atoms with Gasteiger partial charge in [-0.3, -0.25) is 4.79 Å². The van der Waals surface area contributed by atoms with Gasteiger partial charge in [0.15, 0.2) is 17.3 Å². The lowest BCUT2D eigenvalue weighted by Crippen LogP contribution is -2.26. The first-order valence-electron chi connectivity index (χ1n) is 10.5. The Bertz CT molecular complexity index is 1460. The normalized spacial score (nSPS) is 11.1.